The van der Waals surface area contributed by atoms with Gasteiger partial charge in [-0.05, 0) is 48.7 Å². The zero-order valence-corrected chi connectivity index (χ0v) is 17.4. The van der Waals surface area contributed by atoms with E-state index in [4.69, 9.17) is 0 Å². The van der Waals surface area contributed by atoms with E-state index in [1.54, 1.807) is 34.6 Å². The molecule has 0 unspecified atom stereocenters. The van der Waals surface area contributed by atoms with Crippen LogP contribution >= 0.6 is 0 Å². The molecule has 1 aliphatic rings. The second kappa shape index (κ2) is 8.81. The largest absolute Gasteiger partial charge is 0.324 e. The topological polar surface area (TPSA) is 95.2 Å². The zero-order valence-electron chi connectivity index (χ0n) is 16.5. The summed E-state index contributed by atoms with van der Waals surface area (Å²) >= 11 is 0. The van der Waals surface area contributed by atoms with Crippen molar-refractivity contribution < 1.29 is 13.2 Å². The van der Waals surface area contributed by atoms with E-state index in [9.17, 15) is 13.2 Å². The van der Waals surface area contributed by atoms with Crippen molar-refractivity contribution in [2.75, 3.05) is 18.4 Å². The number of fused-ring (bicyclic) bond motifs is 1. The number of aromatic nitrogens is 2. The van der Waals surface area contributed by atoms with Crippen LogP contribution in [0.25, 0.3) is 17.1 Å². The first-order valence-corrected chi connectivity index (χ1v) is 11.5. The van der Waals surface area contributed by atoms with Crippen LogP contribution in [-0.2, 0) is 14.8 Å². The monoisotopic (exact) mass is 424 g/mol. The van der Waals surface area contributed by atoms with Gasteiger partial charge in [0, 0.05) is 19.2 Å². The van der Waals surface area contributed by atoms with E-state index in [2.05, 4.69) is 15.3 Å². The van der Waals surface area contributed by atoms with Crippen LogP contribution < -0.4 is 5.32 Å². The molecular weight excluding hydrogens is 400 g/mol. The van der Waals surface area contributed by atoms with Crippen LogP contribution in [0.4, 0.5) is 5.95 Å². The molecule has 2 heterocycles. The van der Waals surface area contributed by atoms with Crippen molar-refractivity contribution in [3.8, 4) is 0 Å². The first-order valence-electron chi connectivity index (χ1n) is 10.1. The molecular formula is C22H24N4O3S. The Balaban J connectivity index is 1.41. The molecule has 1 fully saturated rings. The van der Waals surface area contributed by atoms with Gasteiger partial charge in [-0.3, -0.25) is 10.1 Å². The first-order chi connectivity index (χ1) is 14.5. The van der Waals surface area contributed by atoms with Crippen LogP contribution in [-0.4, -0.2) is 41.7 Å². The molecule has 2 aromatic carbocycles. The van der Waals surface area contributed by atoms with Crippen molar-refractivity contribution in [1.82, 2.24) is 14.3 Å². The smallest absolute Gasteiger partial charge is 0.250 e. The minimum atomic E-state index is -3.47. The van der Waals surface area contributed by atoms with E-state index in [-0.39, 0.29) is 10.8 Å². The molecule has 1 amide bonds. The molecule has 0 aliphatic carbocycles. The summed E-state index contributed by atoms with van der Waals surface area (Å²) in [5.74, 6) is 0.0556. The third-order valence-corrected chi connectivity index (χ3v) is 7.05. The number of carbonyl (C=O) groups is 1. The summed E-state index contributed by atoms with van der Waals surface area (Å²) in [6.07, 6.45) is 6.99. The fraction of sp³-hybridized carbons (Fsp3) is 0.273. The number of carbonyl (C=O) groups excluding carboxylic acids is 1. The number of hydrogen-bond acceptors (Lipinski definition) is 4. The third-order valence-electron chi connectivity index (χ3n) is 5.14. The SMILES string of the molecule is O=C(C=Cc1ccc(S(=O)(=O)N2CCCCCC2)cc1)Nc1nc2ccccc2[nH]1. The lowest BCUT2D eigenvalue weighted by Gasteiger charge is -2.19. The highest BCUT2D eigenvalue weighted by Crippen LogP contribution is 2.21. The van der Waals surface area contributed by atoms with E-state index < -0.39 is 10.0 Å². The van der Waals surface area contributed by atoms with Crippen LogP contribution in [0.1, 0.15) is 31.2 Å². The standard InChI is InChI=1S/C22H24N4O3S/c27-21(25-22-23-19-7-3-4-8-20(19)24-22)14-11-17-9-12-18(13-10-17)30(28,29)26-15-5-1-2-6-16-26/h3-4,7-14H,1-2,5-6,15-16H2,(H2,23,24,25,27). The number of para-hydroxylation sites is 2. The Morgan fingerprint density at radius 1 is 1.00 bits per heavy atom. The van der Waals surface area contributed by atoms with Crippen molar-refractivity contribution in [3.05, 3.63) is 60.2 Å². The molecule has 0 bridgehead atoms. The Labute approximate surface area is 175 Å². The first kappa shape index (κ1) is 20.3. The zero-order chi connectivity index (χ0) is 21.0. The van der Waals surface area contributed by atoms with Crippen LogP contribution in [0.3, 0.4) is 0 Å². The lowest BCUT2D eigenvalue weighted by molar-refractivity contribution is -0.111. The summed E-state index contributed by atoms with van der Waals surface area (Å²) in [7, 11) is -3.47. The van der Waals surface area contributed by atoms with Gasteiger partial charge in [0.2, 0.25) is 16.0 Å². The number of sulfonamides is 1. The van der Waals surface area contributed by atoms with Crippen molar-refractivity contribution in [2.24, 2.45) is 0 Å². The molecule has 8 heteroatoms. The number of H-pyrrole nitrogens is 1. The Kier molecular flexibility index (Phi) is 5.96. The normalized spacial score (nSPS) is 16.0. The van der Waals surface area contributed by atoms with Gasteiger partial charge in [0.1, 0.15) is 0 Å². The Morgan fingerprint density at radius 3 is 2.40 bits per heavy atom. The van der Waals surface area contributed by atoms with Gasteiger partial charge in [0.25, 0.3) is 5.91 Å². The maximum atomic E-state index is 12.8. The lowest BCUT2D eigenvalue weighted by atomic mass is 10.2. The third kappa shape index (κ3) is 4.60. The number of aromatic amines is 1. The number of rotatable bonds is 5. The molecule has 7 nitrogen and oxygen atoms in total. The number of benzene rings is 2. The fourth-order valence-corrected chi connectivity index (χ4v) is 5.04. The van der Waals surface area contributed by atoms with Crippen molar-refractivity contribution >= 4 is 39.0 Å². The predicted molar refractivity (Wildman–Crippen MR) is 117 cm³/mol. The number of anilines is 1. The van der Waals surface area contributed by atoms with Gasteiger partial charge in [0.15, 0.2) is 0 Å². The number of imidazole rings is 1. The summed E-state index contributed by atoms with van der Waals surface area (Å²) < 4.78 is 27.2. The predicted octanol–water partition coefficient (Wildman–Crippen LogP) is 3.78. The summed E-state index contributed by atoms with van der Waals surface area (Å²) in [5.41, 5.74) is 2.36. The highest BCUT2D eigenvalue weighted by molar-refractivity contribution is 7.89. The van der Waals surface area contributed by atoms with Gasteiger partial charge in [-0.2, -0.15) is 4.31 Å². The van der Waals surface area contributed by atoms with E-state index in [0.717, 1.165) is 42.3 Å². The molecule has 2 N–H and O–H groups in total. The van der Waals surface area contributed by atoms with Gasteiger partial charge >= 0.3 is 0 Å². The molecule has 1 saturated heterocycles. The quantitative estimate of drug-likeness (QED) is 0.610. The van der Waals surface area contributed by atoms with Crippen LogP contribution in [0.15, 0.2) is 59.5 Å². The van der Waals surface area contributed by atoms with Crippen LogP contribution in [0, 0.1) is 0 Å². The van der Waals surface area contributed by atoms with Gasteiger partial charge in [-0.25, -0.2) is 13.4 Å². The summed E-state index contributed by atoms with van der Waals surface area (Å²) in [6, 6.07) is 14.1. The van der Waals surface area contributed by atoms with Gasteiger partial charge < -0.3 is 4.98 Å². The number of nitrogens with one attached hydrogen (secondary N) is 2. The maximum Gasteiger partial charge on any atom is 0.250 e. The molecule has 1 aromatic heterocycles. The minimum absolute atomic E-state index is 0.285. The molecule has 1 aliphatic heterocycles. The molecule has 0 saturated carbocycles. The lowest BCUT2D eigenvalue weighted by Crippen LogP contribution is -2.31. The van der Waals surface area contributed by atoms with E-state index >= 15 is 0 Å². The molecule has 3 aromatic rings. The average Bonchev–Trinajstić information content (AvgIpc) is 2.95. The van der Waals surface area contributed by atoms with Gasteiger partial charge in [-0.15, -0.1) is 0 Å². The van der Waals surface area contributed by atoms with Crippen molar-refractivity contribution in [3.63, 3.8) is 0 Å². The van der Waals surface area contributed by atoms with Crippen LogP contribution in [0.5, 0.6) is 0 Å². The summed E-state index contributed by atoms with van der Waals surface area (Å²) in [6.45, 7) is 1.15. The molecule has 0 atom stereocenters. The van der Waals surface area contributed by atoms with Crippen LogP contribution in [0.2, 0.25) is 0 Å². The van der Waals surface area contributed by atoms with Crippen molar-refractivity contribution in [1.29, 1.82) is 0 Å². The molecule has 156 valence electrons. The Morgan fingerprint density at radius 2 is 1.70 bits per heavy atom. The van der Waals surface area contributed by atoms with E-state index in [1.807, 2.05) is 24.3 Å². The highest BCUT2D eigenvalue weighted by atomic mass is 32.2. The molecule has 30 heavy (non-hydrogen) atoms. The Bertz CT molecular complexity index is 1130. The average molecular weight is 425 g/mol. The van der Waals surface area contributed by atoms with Gasteiger partial charge in [0.05, 0.1) is 15.9 Å². The van der Waals surface area contributed by atoms with E-state index in [1.165, 1.54) is 6.08 Å². The molecule has 4 rings (SSSR count). The molecule has 0 spiro atoms. The second-order valence-corrected chi connectivity index (χ2v) is 9.25. The molecule has 0 radical (unpaired) electrons. The fourth-order valence-electron chi connectivity index (χ4n) is 3.52. The minimum Gasteiger partial charge on any atom is -0.324 e. The summed E-state index contributed by atoms with van der Waals surface area (Å²) in [4.78, 5) is 19.8. The number of hydrogen-bond donors (Lipinski definition) is 2. The van der Waals surface area contributed by atoms with Crippen molar-refractivity contribution in [2.45, 2.75) is 30.6 Å². The second-order valence-electron chi connectivity index (χ2n) is 7.31. The number of nitrogens with zero attached hydrogens (tertiary/aromatic N) is 2. The summed E-state index contributed by atoms with van der Waals surface area (Å²) in [5, 5.41) is 2.69. The number of amides is 1. The maximum absolute atomic E-state index is 12.8. The Hall–Kier alpha value is -2.97. The highest BCUT2D eigenvalue weighted by Gasteiger charge is 2.24. The van der Waals surface area contributed by atoms with Gasteiger partial charge in [-0.1, -0.05) is 37.1 Å². The van der Waals surface area contributed by atoms with E-state index in [0.29, 0.717) is 19.0 Å².